The van der Waals surface area contributed by atoms with Gasteiger partial charge >= 0.3 is 0 Å². The third-order valence-electron chi connectivity index (χ3n) is 5.06. The normalized spacial score (nSPS) is 24.1. The Morgan fingerprint density at radius 1 is 1.12 bits per heavy atom. The highest BCUT2D eigenvalue weighted by atomic mass is 16.5. The van der Waals surface area contributed by atoms with Gasteiger partial charge in [-0.1, -0.05) is 48.0 Å². The summed E-state index contributed by atoms with van der Waals surface area (Å²) in [6.07, 6.45) is 1.62. The van der Waals surface area contributed by atoms with E-state index in [1.165, 1.54) is 16.7 Å². The molecule has 0 spiro atoms. The quantitative estimate of drug-likeness (QED) is 0.747. The highest BCUT2D eigenvalue weighted by Gasteiger charge is 2.43. The predicted octanol–water partition coefficient (Wildman–Crippen LogP) is 3.35. The van der Waals surface area contributed by atoms with Crippen LogP contribution in [0.15, 0.2) is 54.9 Å². The van der Waals surface area contributed by atoms with E-state index in [1.807, 2.05) is 16.8 Å². The molecule has 0 saturated carbocycles. The fourth-order valence-electron chi connectivity index (χ4n) is 3.87. The van der Waals surface area contributed by atoms with Crippen LogP contribution in [0.1, 0.15) is 28.8 Å². The van der Waals surface area contributed by atoms with Crippen molar-refractivity contribution in [2.45, 2.75) is 19.0 Å². The fourth-order valence-corrected chi connectivity index (χ4v) is 3.87. The van der Waals surface area contributed by atoms with Gasteiger partial charge in [-0.2, -0.15) is 10.1 Å². The predicted molar refractivity (Wildman–Crippen MR) is 91.1 cm³/mol. The standard InChI is InChI=1S/C19H18N4O/c1-12-6-8-13(9-7-12)18-15-10-24-16-5-3-2-4-14(16)17(15)22-19-20-11-21-23(18)19/h2-9,11,15,17-18H,10H2,1H3,(H,20,21,22)/t15-,17+,18-/m1/s1. The van der Waals surface area contributed by atoms with E-state index >= 15 is 0 Å². The van der Waals surface area contributed by atoms with Gasteiger partial charge in [-0.3, -0.25) is 0 Å². The topological polar surface area (TPSA) is 52.0 Å². The molecule has 2 aliphatic rings. The molecule has 120 valence electrons. The summed E-state index contributed by atoms with van der Waals surface area (Å²) in [7, 11) is 0. The van der Waals surface area contributed by atoms with Gasteiger partial charge in [0.15, 0.2) is 0 Å². The average Bonchev–Trinajstić information content (AvgIpc) is 3.09. The summed E-state index contributed by atoms with van der Waals surface area (Å²) in [5.74, 6) is 2.04. The van der Waals surface area contributed by atoms with Crippen LogP contribution in [0.3, 0.4) is 0 Å². The molecular weight excluding hydrogens is 300 g/mol. The molecule has 2 aliphatic heterocycles. The summed E-state index contributed by atoms with van der Waals surface area (Å²) in [6.45, 7) is 2.77. The van der Waals surface area contributed by atoms with Crippen LogP contribution in [-0.4, -0.2) is 21.4 Å². The largest absolute Gasteiger partial charge is 0.493 e. The number of nitrogens with zero attached hydrogens (tertiary/aromatic N) is 3. The van der Waals surface area contributed by atoms with E-state index in [9.17, 15) is 0 Å². The average molecular weight is 318 g/mol. The number of rotatable bonds is 1. The van der Waals surface area contributed by atoms with E-state index in [0.29, 0.717) is 6.61 Å². The molecule has 0 amide bonds. The summed E-state index contributed by atoms with van der Waals surface area (Å²) >= 11 is 0. The first-order chi connectivity index (χ1) is 11.8. The maximum atomic E-state index is 6.06. The fraction of sp³-hybridized carbons (Fsp3) is 0.263. The van der Waals surface area contributed by atoms with E-state index < -0.39 is 0 Å². The van der Waals surface area contributed by atoms with E-state index in [4.69, 9.17) is 4.74 Å². The Bertz CT molecular complexity index is 886. The summed E-state index contributed by atoms with van der Waals surface area (Å²) in [6, 6.07) is 17.2. The van der Waals surface area contributed by atoms with Crippen LogP contribution >= 0.6 is 0 Å². The Kier molecular flexibility index (Phi) is 2.89. The molecule has 1 N–H and O–H groups in total. The minimum Gasteiger partial charge on any atom is -0.493 e. The Morgan fingerprint density at radius 2 is 1.96 bits per heavy atom. The second-order valence-electron chi connectivity index (χ2n) is 6.52. The van der Waals surface area contributed by atoms with Crippen LogP contribution in [0.25, 0.3) is 0 Å². The highest BCUT2D eigenvalue weighted by molar-refractivity contribution is 5.46. The van der Waals surface area contributed by atoms with Crippen LogP contribution in [0.4, 0.5) is 5.95 Å². The molecule has 0 bridgehead atoms. The molecule has 0 aliphatic carbocycles. The number of nitrogens with one attached hydrogen (secondary N) is 1. The minimum atomic E-state index is 0.114. The molecule has 3 heterocycles. The SMILES string of the molecule is Cc1ccc([C@@H]2[C@@H]3COc4ccccc4[C@@H]3Nc3ncnn32)cc1. The number of anilines is 1. The molecule has 0 saturated heterocycles. The summed E-state index contributed by atoms with van der Waals surface area (Å²) < 4.78 is 8.05. The lowest BCUT2D eigenvalue weighted by atomic mass is 9.81. The van der Waals surface area contributed by atoms with Crippen LogP contribution in [0.5, 0.6) is 5.75 Å². The van der Waals surface area contributed by atoms with Crippen LogP contribution in [0.2, 0.25) is 0 Å². The Hall–Kier alpha value is -2.82. The summed E-state index contributed by atoms with van der Waals surface area (Å²) in [5, 5.41) is 8.03. The molecule has 1 aromatic heterocycles. The van der Waals surface area contributed by atoms with E-state index in [2.05, 4.69) is 58.7 Å². The van der Waals surface area contributed by atoms with Gasteiger partial charge in [-0.25, -0.2) is 4.68 Å². The maximum Gasteiger partial charge on any atom is 0.222 e. The molecule has 0 unspecified atom stereocenters. The lowest BCUT2D eigenvalue weighted by Gasteiger charge is -2.42. The van der Waals surface area contributed by atoms with Crippen LogP contribution < -0.4 is 10.1 Å². The number of para-hydroxylation sites is 1. The van der Waals surface area contributed by atoms with E-state index in [1.54, 1.807) is 6.33 Å². The number of aromatic nitrogens is 3. The Morgan fingerprint density at radius 3 is 2.83 bits per heavy atom. The lowest BCUT2D eigenvalue weighted by Crippen LogP contribution is -2.42. The van der Waals surface area contributed by atoms with Crippen molar-refractivity contribution in [3.8, 4) is 5.75 Å². The Labute approximate surface area is 140 Å². The third kappa shape index (κ3) is 1.94. The molecule has 5 heteroatoms. The lowest BCUT2D eigenvalue weighted by molar-refractivity contribution is 0.151. The van der Waals surface area contributed by atoms with Gasteiger partial charge < -0.3 is 10.1 Å². The summed E-state index contributed by atoms with van der Waals surface area (Å²) in [4.78, 5) is 4.41. The smallest absolute Gasteiger partial charge is 0.222 e. The molecular formula is C19H18N4O. The first-order valence-electron chi connectivity index (χ1n) is 8.25. The second-order valence-corrected chi connectivity index (χ2v) is 6.52. The van der Waals surface area contributed by atoms with Gasteiger partial charge in [0.05, 0.1) is 18.7 Å². The van der Waals surface area contributed by atoms with Gasteiger partial charge in [0, 0.05) is 11.5 Å². The first kappa shape index (κ1) is 13.6. The molecule has 0 radical (unpaired) electrons. The Balaban J connectivity index is 1.66. The molecule has 5 nitrogen and oxygen atoms in total. The molecule has 3 aromatic rings. The van der Waals surface area contributed by atoms with Gasteiger partial charge in [-0.05, 0) is 18.6 Å². The van der Waals surface area contributed by atoms with Crippen molar-refractivity contribution >= 4 is 5.95 Å². The van der Waals surface area contributed by atoms with Gasteiger partial charge in [-0.15, -0.1) is 0 Å². The van der Waals surface area contributed by atoms with Crippen molar-refractivity contribution in [1.29, 1.82) is 0 Å². The molecule has 2 aromatic carbocycles. The highest BCUT2D eigenvalue weighted by Crippen LogP contribution is 2.47. The van der Waals surface area contributed by atoms with Crippen molar-refractivity contribution in [3.05, 3.63) is 71.5 Å². The zero-order valence-electron chi connectivity index (χ0n) is 13.4. The van der Waals surface area contributed by atoms with E-state index in [0.717, 1.165) is 11.7 Å². The molecule has 5 rings (SSSR count). The number of hydrogen-bond donors (Lipinski definition) is 1. The van der Waals surface area contributed by atoms with Gasteiger partial charge in [0.1, 0.15) is 12.1 Å². The summed E-state index contributed by atoms with van der Waals surface area (Å²) in [5.41, 5.74) is 3.69. The third-order valence-corrected chi connectivity index (χ3v) is 5.06. The number of aryl methyl sites for hydroxylation is 1. The number of benzene rings is 2. The van der Waals surface area contributed by atoms with Crippen molar-refractivity contribution in [1.82, 2.24) is 14.8 Å². The van der Waals surface area contributed by atoms with E-state index in [-0.39, 0.29) is 18.0 Å². The number of ether oxygens (including phenoxy) is 1. The minimum absolute atomic E-state index is 0.114. The molecule has 0 fully saturated rings. The van der Waals surface area contributed by atoms with Gasteiger partial charge in [0.25, 0.3) is 0 Å². The number of hydrogen-bond acceptors (Lipinski definition) is 4. The zero-order valence-corrected chi connectivity index (χ0v) is 13.4. The number of fused-ring (bicyclic) bond motifs is 4. The van der Waals surface area contributed by atoms with Crippen LogP contribution in [0, 0.1) is 12.8 Å². The van der Waals surface area contributed by atoms with Crippen molar-refractivity contribution in [3.63, 3.8) is 0 Å². The molecule has 24 heavy (non-hydrogen) atoms. The van der Waals surface area contributed by atoms with Crippen molar-refractivity contribution in [2.75, 3.05) is 11.9 Å². The van der Waals surface area contributed by atoms with Crippen molar-refractivity contribution in [2.24, 2.45) is 5.92 Å². The maximum absolute atomic E-state index is 6.06. The van der Waals surface area contributed by atoms with Crippen LogP contribution in [-0.2, 0) is 0 Å². The first-order valence-corrected chi connectivity index (χ1v) is 8.25. The second kappa shape index (κ2) is 5.09. The zero-order chi connectivity index (χ0) is 16.1. The van der Waals surface area contributed by atoms with Gasteiger partial charge in [0.2, 0.25) is 5.95 Å². The molecule has 3 atom stereocenters. The monoisotopic (exact) mass is 318 g/mol. The van der Waals surface area contributed by atoms with Crippen molar-refractivity contribution < 1.29 is 4.74 Å².